The summed E-state index contributed by atoms with van der Waals surface area (Å²) < 4.78 is 23.0. The zero-order valence-corrected chi connectivity index (χ0v) is 12.2. The monoisotopic (exact) mass is 282 g/mol. The van der Waals surface area contributed by atoms with Crippen molar-refractivity contribution in [1.82, 2.24) is 10.6 Å². The van der Waals surface area contributed by atoms with E-state index in [1.807, 2.05) is 12.1 Å². The van der Waals surface area contributed by atoms with Gasteiger partial charge >= 0.3 is 0 Å². The van der Waals surface area contributed by atoms with E-state index in [4.69, 9.17) is 0 Å². The van der Waals surface area contributed by atoms with E-state index in [0.717, 1.165) is 19.5 Å². The molecule has 0 bridgehead atoms. The third kappa shape index (κ3) is 4.03. The minimum absolute atomic E-state index is 0.218. The molecule has 0 saturated carbocycles. The summed E-state index contributed by atoms with van der Waals surface area (Å²) in [6.45, 7) is 4.06. The predicted molar refractivity (Wildman–Crippen MR) is 77.8 cm³/mol. The predicted octanol–water partition coefficient (Wildman–Crippen LogP) is 1.25. The molecule has 0 radical (unpaired) electrons. The van der Waals surface area contributed by atoms with Crippen LogP contribution in [0.5, 0.6) is 0 Å². The second kappa shape index (κ2) is 6.50. The van der Waals surface area contributed by atoms with Gasteiger partial charge in [-0.15, -0.1) is 0 Å². The molecule has 0 saturated heterocycles. The Bertz CT molecular complexity index is 514. The lowest BCUT2D eigenvalue weighted by Gasteiger charge is -2.18. The zero-order chi connectivity index (χ0) is 13.7. The number of fused-ring (bicyclic) bond motifs is 1. The highest BCUT2D eigenvalue weighted by Gasteiger charge is 2.18. The van der Waals surface area contributed by atoms with Crippen LogP contribution in [-0.2, 0) is 16.4 Å². The number of rotatable bonds is 5. The molecule has 1 heterocycles. The lowest BCUT2D eigenvalue weighted by atomic mass is 9.99. The fourth-order valence-corrected chi connectivity index (χ4v) is 3.12. The first-order chi connectivity index (χ1) is 9.12. The van der Waals surface area contributed by atoms with Gasteiger partial charge in [-0.3, -0.25) is 0 Å². The third-order valence-electron chi connectivity index (χ3n) is 3.60. The molecule has 0 aliphatic carbocycles. The van der Waals surface area contributed by atoms with Crippen molar-refractivity contribution in [2.45, 2.75) is 25.9 Å². The van der Waals surface area contributed by atoms with Gasteiger partial charge in [-0.1, -0.05) is 31.2 Å². The maximum absolute atomic E-state index is 11.5. The average molecular weight is 282 g/mol. The number of sulfone groups is 1. The van der Waals surface area contributed by atoms with E-state index in [1.54, 1.807) is 6.92 Å². The van der Waals surface area contributed by atoms with Crippen LogP contribution >= 0.6 is 0 Å². The van der Waals surface area contributed by atoms with Crippen LogP contribution in [0.15, 0.2) is 24.3 Å². The molecule has 0 fully saturated rings. The molecule has 1 aromatic carbocycles. The van der Waals surface area contributed by atoms with Gasteiger partial charge < -0.3 is 10.6 Å². The Labute approximate surface area is 115 Å². The van der Waals surface area contributed by atoms with Crippen LogP contribution < -0.4 is 10.6 Å². The van der Waals surface area contributed by atoms with Gasteiger partial charge in [0.05, 0.1) is 5.75 Å². The number of hydrogen-bond acceptors (Lipinski definition) is 4. The molecule has 4 nitrogen and oxygen atoms in total. The molecule has 2 rings (SSSR count). The first-order valence-electron chi connectivity index (χ1n) is 6.84. The second-order valence-corrected chi connectivity index (χ2v) is 7.38. The van der Waals surface area contributed by atoms with Crippen LogP contribution in [0.2, 0.25) is 0 Å². The van der Waals surface area contributed by atoms with Crippen molar-refractivity contribution in [2.75, 3.05) is 24.6 Å². The Hall–Kier alpha value is -0.910. The second-order valence-electron chi connectivity index (χ2n) is 4.91. The molecule has 1 aromatic rings. The minimum atomic E-state index is -2.88. The Balaban J connectivity index is 2.00. The Morgan fingerprint density at radius 2 is 2.16 bits per heavy atom. The summed E-state index contributed by atoms with van der Waals surface area (Å²) in [5.41, 5.74) is 2.59. The van der Waals surface area contributed by atoms with Crippen molar-refractivity contribution in [3.63, 3.8) is 0 Å². The van der Waals surface area contributed by atoms with Gasteiger partial charge in [0, 0.05) is 24.9 Å². The Morgan fingerprint density at radius 1 is 1.37 bits per heavy atom. The largest absolute Gasteiger partial charge is 0.313 e. The summed E-state index contributed by atoms with van der Waals surface area (Å²) >= 11 is 0. The molecule has 0 spiro atoms. The zero-order valence-electron chi connectivity index (χ0n) is 11.4. The van der Waals surface area contributed by atoms with E-state index in [0.29, 0.717) is 6.54 Å². The van der Waals surface area contributed by atoms with Gasteiger partial charge in [0.25, 0.3) is 0 Å². The summed E-state index contributed by atoms with van der Waals surface area (Å²) in [5, 5.41) is 6.78. The summed E-state index contributed by atoms with van der Waals surface area (Å²) in [4.78, 5) is 0. The van der Waals surface area contributed by atoms with Crippen LogP contribution in [0.1, 0.15) is 30.5 Å². The van der Waals surface area contributed by atoms with Crippen LogP contribution in [0.3, 0.4) is 0 Å². The van der Waals surface area contributed by atoms with E-state index in [-0.39, 0.29) is 17.5 Å². The highest BCUT2D eigenvalue weighted by molar-refractivity contribution is 7.91. The molecule has 19 heavy (non-hydrogen) atoms. The normalized spacial score (nSPS) is 19.7. The SMILES string of the molecule is CCS(=O)(=O)CCNC1CCNCc2ccccc21. The molecular weight excluding hydrogens is 260 g/mol. The molecule has 0 amide bonds. The first kappa shape index (κ1) is 14.5. The van der Waals surface area contributed by atoms with Gasteiger partial charge in [-0.25, -0.2) is 8.42 Å². The van der Waals surface area contributed by atoms with Gasteiger partial charge in [0.2, 0.25) is 0 Å². The molecule has 1 aliphatic heterocycles. The van der Waals surface area contributed by atoms with Crippen LogP contribution in [0.25, 0.3) is 0 Å². The Morgan fingerprint density at radius 3 is 2.95 bits per heavy atom. The summed E-state index contributed by atoms with van der Waals surface area (Å²) in [5.74, 6) is 0.438. The van der Waals surface area contributed by atoms with E-state index in [2.05, 4.69) is 22.8 Å². The van der Waals surface area contributed by atoms with Gasteiger partial charge in [-0.05, 0) is 24.1 Å². The third-order valence-corrected chi connectivity index (χ3v) is 5.31. The van der Waals surface area contributed by atoms with Crippen molar-refractivity contribution < 1.29 is 8.42 Å². The summed E-state index contributed by atoms with van der Waals surface area (Å²) in [6, 6.07) is 8.60. The molecule has 0 aromatic heterocycles. The topological polar surface area (TPSA) is 58.2 Å². The van der Waals surface area contributed by atoms with E-state index < -0.39 is 9.84 Å². The number of hydrogen-bond donors (Lipinski definition) is 2. The first-order valence-corrected chi connectivity index (χ1v) is 8.67. The average Bonchev–Trinajstić information content (AvgIpc) is 2.61. The molecule has 1 atom stereocenters. The molecule has 1 aliphatic rings. The van der Waals surface area contributed by atoms with Gasteiger partial charge in [-0.2, -0.15) is 0 Å². The molecule has 5 heteroatoms. The molecule has 1 unspecified atom stereocenters. The standard InChI is InChI=1S/C14H22N2O2S/c1-2-19(17,18)10-9-16-14-7-8-15-11-12-5-3-4-6-13(12)14/h3-6,14-16H,2,7-11H2,1H3. The number of benzene rings is 1. The molecule has 2 N–H and O–H groups in total. The fraction of sp³-hybridized carbons (Fsp3) is 0.571. The van der Waals surface area contributed by atoms with Crippen molar-refractivity contribution >= 4 is 9.84 Å². The van der Waals surface area contributed by atoms with Crippen molar-refractivity contribution in [3.8, 4) is 0 Å². The lowest BCUT2D eigenvalue weighted by molar-refractivity contribution is 0.508. The van der Waals surface area contributed by atoms with Crippen LogP contribution in [0.4, 0.5) is 0 Å². The quantitative estimate of drug-likeness (QED) is 0.853. The minimum Gasteiger partial charge on any atom is -0.313 e. The Kier molecular flexibility index (Phi) is 4.96. The maximum Gasteiger partial charge on any atom is 0.151 e. The van der Waals surface area contributed by atoms with Crippen LogP contribution in [-0.4, -0.2) is 33.0 Å². The van der Waals surface area contributed by atoms with Gasteiger partial charge in [0.1, 0.15) is 0 Å². The van der Waals surface area contributed by atoms with E-state index in [1.165, 1.54) is 11.1 Å². The summed E-state index contributed by atoms with van der Waals surface area (Å²) in [7, 11) is -2.88. The molecule has 106 valence electrons. The van der Waals surface area contributed by atoms with Crippen molar-refractivity contribution in [3.05, 3.63) is 35.4 Å². The summed E-state index contributed by atoms with van der Waals surface area (Å²) in [6.07, 6.45) is 0.989. The molecular formula is C14H22N2O2S. The van der Waals surface area contributed by atoms with E-state index in [9.17, 15) is 8.42 Å². The fourth-order valence-electron chi connectivity index (χ4n) is 2.41. The van der Waals surface area contributed by atoms with E-state index >= 15 is 0 Å². The smallest absolute Gasteiger partial charge is 0.151 e. The van der Waals surface area contributed by atoms with Gasteiger partial charge in [0.15, 0.2) is 9.84 Å². The van der Waals surface area contributed by atoms with Crippen molar-refractivity contribution in [1.29, 1.82) is 0 Å². The van der Waals surface area contributed by atoms with Crippen LogP contribution in [0, 0.1) is 0 Å². The highest BCUT2D eigenvalue weighted by atomic mass is 32.2. The highest BCUT2D eigenvalue weighted by Crippen LogP contribution is 2.23. The number of nitrogens with one attached hydrogen (secondary N) is 2. The maximum atomic E-state index is 11.5. The van der Waals surface area contributed by atoms with Crippen molar-refractivity contribution in [2.24, 2.45) is 0 Å². The lowest BCUT2D eigenvalue weighted by Crippen LogP contribution is -2.28.